The van der Waals surface area contributed by atoms with Crippen molar-refractivity contribution in [2.75, 3.05) is 18.6 Å². The first-order valence-corrected chi connectivity index (χ1v) is 9.61. The van der Waals surface area contributed by atoms with Crippen molar-refractivity contribution < 1.29 is 4.79 Å². The second-order valence-electron chi connectivity index (χ2n) is 4.27. The molecule has 4 nitrogen and oxygen atoms in total. The average molecular weight is 340 g/mol. The third-order valence-corrected chi connectivity index (χ3v) is 5.73. The zero-order valence-electron chi connectivity index (χ0n) is 11.7. The van der Waals surface area contributed by atoms with Crippen LogP contribution in [0.3, 0.4) is 0 Å². The summed E-state index contributed by atoms with van der Waals surface area (Å²) in [5, 5.41) is 11.0. The topological polar surface area (TPSA) is 54.9 Å². The van der Waals surface area contributed by atoms with E-state index in [-0.39, 0.29) is 5.91 Å². The lowest BCUT2D eigenvalue weighted by molar-refractivity contribution is -0.118. The molecule has 112 valence electrons. The Hall–Kier alpha value is -1.05. The minimum Gasteiger partial charge on any atom is -0.355 e. The molecule has 2 aromatic rings. The second-order valence-corrected chi connectivity index (χ2v) is 7.52. The maximum absolute atomic E-state index is 11.7. The molecule has 1 N–H and O–H groups in total. The van der Waals surface area contributed by atoms with Crippen LogP contribution in [0.4, 0.5) is 0 Å². The van der Waals surface area contributed by atoms with E-state index in [1.165, 1.54) is 28.7 Å². The summed E-state index contributed by atoms with van der Waals surface area (Å²) in [6.07, 6.45) is 3.91. The maximum Gasteiger partial charge on any atom is 0.230 e. The second kappa shape index (κ2) is 9.07. The number of benzene rings is 1. The highest BCUT2D eigenvalue weighted by atomic mass is 32.2. The van der Waals surface area contributed by atoms with E-state index in [4.69, 9.17) is 0 Å². The van der Waals surface area contributed by atoms with Crippen molar-refractivity contribution in [3.63, 3.8) is 0 Å². The standard InChI is InChI=1S/C14H17N3OS3/c1-19-13-16-17-14(21-13)20-10-12(18)15-9-5-8-11-6-3-2-4-7-11/h2-4,6-7H,5,8-10H2,1H3,(H,15,18). The van der Waals surface area contributed by atoms with Crippen LogP contribution < -0.4 is 5.32 Å². The van der Waals surface area contributed by atoms with E-state index >= 15 is 0 Å². The minimum atomic E-state index is 0.0500. The number of nitrogens with one attached hydrogen (secondary N) is 1. The van der Waals surface area contributed by atoms with Gasteiger partial charge < -0.3 is 5.32 Å². The number of thioether (sulfide) groups is 2. The van der Waals surface area contributed by atoms with E-state index < -0.39 is 0 Å². The Morgan fingerprint density at radius 2 is 2.00 bits per heavy atom. The summed E-state index contributed by atoms with van der Waals surface area (Å²) in [6, 6.07) is 10.3. The van der Waals surface area contributed by atoms with Gasteiger partial charge in [0.2, 0.25) is 5.91 Å². The van der Waals surface area contributed by atoms with Crippen LogP contribution in [0.5, 0.6) is 0 Å². The molecular formula is C14H17N3OS3. The summed E-state index contributed by atoms with van der Waals surface area (Å²) in [5.41, 5.74) is 1.31. The molecule has 7 heteroatoms. The summed E-state index contributed by atoms with van der Waals surface area (Å²) in [6.45, 7) is 0.709. The Balaban J connectivity index is 1.59. The number of aromatic nitrogens is 2. The summed E-state index contributed by atoms with van der Waals surface area (Å²) >= 11 is 4.53. The van der Waals surface area contributed by atoms with Crippen molar-refractivity contribution >= 4 is 40.8 Å². The van der Waals surface area contributed by atoms with Gasteiger partial charge in [0, 0.05) is 6.54 Å². The normalized spacial score (nSPS) is 10.5. The first-order chi connectivity index (χ1) is 10.3. The lowest BCUT2D eigenvalue weighted by Gasteiger charge is -2.04. The maximum atomic E-state index is 11.7. The number of carbonyl (C=O) groups excluding carboxylic acids is 1. The predicted molar refractivity (Wildman–Crippen MR) is 90.2 cm³/mol. The molecule has 0 aliphatic rings. The fourth-order valence-electron chi connectivity index (χ4n) is 1.68. The van der Waals surface area contributed by atoms with E-state index in [1.807, 2.05) is 24.5 Å². The van der Waals surface area contributed by atoms with Crippen LogP contribution >= 0.6 is 34.9 Å². The molecule has 0 radical (unpaired) electrons. The predicted octanol–water partition coefficient (Wildman–Crippen LogP) is 3.10. The number of carbonyl (C=O) groups is 1. The molecule has 0 aliphatic carbocycles. The molecule has 0 atom stereocenters. The first kappa shape index (κ1) is 16.3. The number of aryl methyl sites for hydroxylation is 1. The molecule has 0 spiro atoms. The Labute approximate surface area is 137 Å². The van der Waals surface area contributed by atoms with Crippen LogP contribution in [0, 0.1) is 0 Å². The summed E-state index contributed by atoms with van der Waals surface area (Å²) in [7, 11) is 0. The molecule has 1 heterocycles. The van der Waals surface area contributed by atoms with Gasteiger partial charge in [0.25, 0.3) is 0 Å². The van der Waals surface area contributed by atoms with E-state index in [2.05, 4.69) is 27.6 Å². The molecule has 21 heavy (non-hydrogen) atoms. The summed E-state index contributed by atoms with van der Waals surface area (Å²) in [4.78, 5) is 11.7. The quantitative estimate of drug-likeness (QED) is 0.591. The van der Waals surface area contributed by atoms with Gasteiger partial charge in [0.05, 0.1) is 5.75 Å². The van der Waals surface area contributed by atoms with Gasteiger partial charge in [-0.05, 0) is 24.7 Å². The van der Waals surface area contributed by atoms with Crippen LogP contribution in [0.2, 0.25) is 0 Å². The fourth-order valence-corrected chi connectivity index (χ4v) is 3.95. The van der Waals surface area contributed by atoms with Crippen LogP contribution in [0.1, 0.15) is 12.0 Å². The van der Waals surface area contributed by atoms with Gasteiger partial charge >= 0.3 is 0 Å². The zero-order chi connectivity index (χ0) is 14.9. The molecule has 1 aromatic heterocycles. The van der Waals surface area contributed by atoms with Gasteiger partial charge in [-0.25, -0.2) is 0 Å². The van der Waals surface area contributed by atoms with Gasteiger partial charge in [0.15, 0.2) is 8.68 Å². The molecule has 0 unspecified atom stereocenters. The Morgan fingerprint density at radius 1 is 1.24 bits per heavy atom. The van der Waals surface area contributed by atoms with Crippen molar-refractivity contribution in [1.82, 2.24) is 15.5 Å². The van der Waals surface area contributed by atoms with Gasteiger partial charge in [-0.3, -0.25) is 4.79 Å². The molecule has 0 bridgehead atoms. The minimum absolute atomic E-state index is 0.0500. The molecule has 2 rings (SSSR count). The summed E-state index contributed by atoms with van der Waals surface area (Å²) < 4.78 is 1.78. The van der Waals surface area contributed by atoms with Crippen molar-refractivity contribution in [2.24, 2.45) is 0 Å². The van der Waals surface area contributed by atoms with E-state index in [0.29, 0.717) is 12.3 Å². The number of amides is 1. The third-order valence-electron chi connectivity index (χ3n) is 2.70. The lowest BCUT2D eigenvalue weighted by Crippen LogP contribution is -2.26. The molecule has 0 saturated heterocycles. The van der Waals surface area contributed by atoms with Crippen molar-refractivity contribution in [1.29, 1.82) is 0 Å². The lowest BCUT2D eigenvalue weighted by atomic mass is 10.1. The molecule has 0 fully saturated rings. The molecule has 1 amide bonds. The van der Waals surface area contributed by atoms with Crippen LogP contribution in [0.15, 0.2) is 39.0 Å². The zero-order valence-corrected chi connectivity index (χ0v) is 14.2. The van der Waals surface area contributed by atoms with Gasteiger partial charge in [-0.2, -0.15) is 0 Å². The monoisotopic (exact) mass is 339 g/mol. The van der Waals surface area contributed by atoms with Crippen molar-refractivity contribution in [3.8, 4) is 0 Å². The Morgan fingerprint density at radius 3 is 2.71 bits per heavy atom. The fraction of sp³-hybridized carbons (Fsp3) is 0.357. The van der Waals surface area contributed by atoms with E-state index in [0.717, 1.165) is 21.5 Å². The number of hydrogen-bond donors (Lipinski definition) is 1. The molecule has 0 aliphatic heterocycles. The number of nitrogens with zero attached hydrogens (tertiary/aromatic N) is 2. The average Bonchev–Trinajstić information content (AvgIpc) is 2.99. The SMILES string of the molecule is CSc1nnc(SCC(=O)NCCCc2ccccc2)s1. The van der Waals surface area contributed by atoms with Crippen molar-refractivity contribution in [3.05, 3.63) is 35.9 Å². The largest absolute Gasteiger partial charge is 0.355 e. The van der Waals surface area contributed by atoms with Crippen molar-refractivity contribution in [2.45, 2.75) is 21.5 Å². The third kappa shape index (κ3) is 6.07. The van der Waals surface area contributed by atoms with Crippen LogP contribution in [0.25, 0.3) is 0 Å². The van der Waals surface area contributed by atoms with Crippen LogP contribution in [-0.4, -0.2) is 34.7 Å². The van der Waals surface area contributed by atoms with Crippen LogP contribution in [-0.2, 0) is 11.2 Å². The Bertz CT molecular complexity index is 560. The van der Waals surface area contributed by atoms with Gasteiger partial charge in [-0.1, -0.05) is 65.2 Å². The van der Waals surface area contributed by atoms with E-state index in [9.17, 15) is 4.79 Å². The molecule has 1 aromatic carbocycles. The number of hydrogen-bond acceptors (Lipinski definition) is 6. The highest BCUT2D eigenvalue weighted by Gasteiger charge is 2.07. The van der Waals surface area contributed by atoms with Gasteiger partial charge in [0.1, 0.15) is 0 Å². The van der Waals surface area contributed by atoms with E-state index in [1.54, 1.807) is 11.8 Å². The first-order valence-electron chi connectivity index (χ1n) is 6.59. The smallest absolute Gasteiger partial charge is 0.230 e. The number of rotatable bonds is 8. The Kier molecular flexibility index (Phi) is 7.05. The van der Waals surface area contributed by atoms with Gasteiger partial charge in [-0.15, -0.1) is 10.2 Å². The summed E-state index contributed by atoms with van der Waals surface area (Å²) in [5.74, 6) is 0.447. The molecular weight excluding hydrogens is 322 g/mol. The highest BCUT2D eigenvalue weighted by Crippen LogP contribution is 2.26. The highest BCUT2D eigenvalue weighted by molar-refractivity contribution is 8.03. The molecule has 0 saturated carbocycles.